The second-order valence-corrected chi connectivity index (χ2v) is 11.8. The van der Waals surface area contributed by atoms with E-state index in [0.29, 0.717) is 0 Å². The average Bonchev–Trinajstić information content (AvgIpc) is 3.50. The molecule has 0 fully saturated rings. The van der Waals surface area contributed by atoms with Crippen molar-refractivity contribution in [3.63, 3.8) is 0 Å². The van der Waals surface area contributed by atoms with Gasteiger partial charge in [0.2, 0.25) is 0 Å². The largest absolute Gasteiger partial charge is 0.379 e. The predicted octanol–water partition coefficient (Wildman–Crippen LogP) is 9.84. The Balaban J connectivity index is 1.17. The van der Waals surface area contributed by atoms with Crippen LogP contribution in [0.25, 0.3) is 72.0 Å². The van der Waals surface area contributed by atoms with Crippen molar-refractivity contribution in [1.29, 1.82) is 0 Å². The van der Waals surface area contributed by atoms with E-state index in [0.717, 1.165) is 67.0 Å². The summed E-state index contributed by atoms with van der Waals surface area (Å²) in [6.45, 7) is 0. The predicted molar refractivity (Wildman–Crippen MR) is 192 cm³/mol. The third-order valence-electron chi connectivity index (χ3n) is 8.94. The van der Waals surface area contributed by atoms with Gasteiger partial charge in [-0.2, -0.15) is 0 Å². The molecule has 5 heteroatoms. The monoisotopic (exact) mass is 603 g/mol. The van der Waals surface area contributed by atoms with Crippen LogP contribution in [-0.2, 0) is 0 Å². The van der Waals surface area contributed by atoms with E-state index in [1.54, 1.807) is 0 Å². The summed E-state index contributed by atoms with van der Waals surface area (Å²) in [6.07, 6.45) is 12.0. The summed E-state index contributed by atoms with van der Waals surface area (Å²) in [5, 5.41) is 8.13. The van der Waals surface area contributed by atoms with E-state index in [1.165, 1.54) is 10.8 Å². The first-order valence-corrected chi connectivity index (χ1v) is 15.8. The van der Waals surface area contributed by atoms with Crippen LogP contribution in [0.1, 0.15) is 11.7 Å². The summed E-state index contributed by atoms with van der Waals surface area (Å²) in [5.41, 5.74) is 9.31. The first-order valence-electron chi connectivity index (χ1n) is 15.8. The molecule has 1 aliphatic heterocycles. The first-order chi connectivity index (χ1) is 23.3. The summed E-state index contributed by atoms with van der Waals surface area (Å²) in [4.78, 5) is 15.0. The minimum Gasteiger partial charge on any atom is -0.379 e. The van der Waals surface area contributed by atoms with Crippen LogP contribution in [0.15, 0.2) is 164 Å². The standard InChI is InChI=1S/C42H29N5/c1-2-11-29(12-3-1)42-41-34-14-6-7-16-38(34)47(39(41)21-23-44-42)40-20-19-32(27-45-40)33-25-36(46-37(26-33)35-15-8-9-22-43-35)31-18-17-28-10-4-5-13-30(28)24-31/h1-27,35,43H. The third-order valence-corrected chi connectivity index (χ3v) is 8.94. The molecule has 1 N–H and O–H groups in total. The number of allylic oxidation sites excluding steroid dienone is 2. The number of nitrogens with one attached hydrogen (secondary N) is 1. The summed E-state index contributed by atoms with van der Waals surface area (Å²) in [5.74, 6) is 0.858. The van der Waals surface area contributed by atoms with Crippen molar-refractivity contribution in [3.8, 4) is 39.5 Å². The number of benzene rings is 4. The molecule has 1 atom stereocenters. The molecular formula is C42H29N5. The topological polar surface area (TPSA) is 55.6 Å². The van der Waals surface area contributed by atoms with Crippen molar-refractivity contribution >= 4 is 32.6 Å². The third kappa shape index (κ3) is 4.77. The van der Waals surface area contributed by atoms with Crippen molar-refractivity contribution in [2.75, 3.05) is 0 Å². The number of aromatic nitrogens is 4. The van der Waals surface area contributed by atoms with Gasteiger partial charge in [-0.25, -0.2) is 4.98 Å². The SMILES string of the molecule is C1=CNC(c2cc(-c3ccc(-n4c5ccccc5c5c(-c6ccccc6)nccc54)nc3)cc(-c3ccc4ccccc4c3)n2)C=C1. The molecule has 4 aromatic heterocycles. The van der Waals surface area contributed by atoms with Crippen molar-refractivity contribution in [2.24, 2.45) is 0 Å². The minimum absolute atomic E-state index is 0.0172. The van der Waals surface area contributed by atoms with Crippen LogP contribution in [0.3, 0.4) is 0 Å². The van der Waals surface area contributed by atoms with Crippen LogP contribution < -0.4 is 5.32 Å². The normalized spacial score (nSPS) is 14.2. The molecule has 0 aliphatic carbocycles. The lowest BCUT2D eigenvalue weighted by Crippen LogP contribution is -2.16. The van der Waals surface area contributed by atoms with Gasteiger partial charge in [0.25, 0.3) is 0 Å². The quantitative estimate of drug-likeness (QED) is 0.213. The van der Waals surface area contributed by atoms with Gasteiger partial charge < -0.3 is 5.32 Å². The van der Waals surface area contributed by atoms with Gasteiger partial charge in [0.1, 0.15) is 5.82 Å². The Kier molecular flexibility index (Phi) is 6.46. The average molecular weight is 604 g/mol. The van der Waals surface area contributed by atoms with Gasteiger partial charge in [0.15, 0.2) is 0 Å². The van der Waals surface area contributed by atoms with Gasteiger partial charge in [0.05, 0.1) is 34.2 Å². The van der Waals surface area contributed by atoms with Crippen LogP contribution in [0.5, 0.6) is 0 Å². The Bertz CT molecular complexity index is 2490. The van der Waals surface area contributed by atoms with E-state index in [4.69, 9.17) is 15.0 Å². The molecule has 47 heavy (non-hydrogen) atoms. The van der Waals surface area contributed by atoms with E-state index >= 15 is 0 Å². The molecule has 1 aliphatic rings. The maximum atomic E-state index is 5.14. The fraction of sp³-hybridized carbons (Fsp3) is 0.0238. The number of dihydropyridines is 1. The summed E-state index contributed by atoms with van der Waals surface area (Å²) >= 11 is 0. The zero-order chi connectivity index (χ0) is 31.2. The smallest absolute Gasteiger partial charge is 0.137 e. The van der Waals surface area contributed by atoms with Gasteiger partial charge in [-0.15, -0.1) is 0 Å². The van der Waals surface area contributed by atoms with Crippen LogP contribution >= 0.6 is 0 Å². The highest BCUT2D eigenvalue weighted by molar-refractivity contribution is 6.14. The molecule has 4 aromatic carbocycles. The maximum Gasteiger partial charge on any atom is 0.137 e. The second kappa shape index (κ2) is 11.2. The highest BCUT2D eigenvalue weighted by atomic mass is 15.1. The fourth-order valence-electron chi connectivity index (χ4n) is 6.67. The fourth-order valence-corrected chi connectivity index (χ4v) is 6.67. The molecule has 5 heterocycles. The van der Waals surface area contributed by atoms with Gasteiger partial charge in [-0.1, -0.05) is 97.1 Å². The second-order valence-electron chi connectivity index (χ2n) is 11.8. The molecule has 9 rings (SSSR count). The van der Waals surface area contributed by atoms with Crippen LogP contribution in [0.2, 0.25) is 0 Å². The first kappa shape index (κ1) is 27.0. The minimum atomic E-state index is -0.0172. The lowest BCUT2D eigenvalue weighted by molar-refractivity contribution is 0.722. The summed E-state index contributed by atoms with van der Waals surface area (Å²) in [6, 6.07) is 44.5. The molecule has 0 amide bonds. The van der Waals surface area contributed by atoms with E-state index in [1.807, 2.05) is 30.7 Å². The Morgan fingerprint density at radius 2 is 1.43 bits per heavy atom. The van der Waals surface area contributed by atoms with E-state index < -0.39 is 0 Å². The van der Waals surface area contributed by atoms with Crippen molar-refractivity contribution in [3.05, 3.63) is 170 Å². The summed E-state index contributed by atoms with van der Waals surface area (Å²) in [7, 11) is 0. The summed E-state index contributed by atoms with van der Waals surface area (Å²) < 4.78 is 2.24. The number of nitrogens with zero attached hydrogens (tertiary/aromatic N) is 4. The van der Waals surface area contributed by atoms with Gasteiger partial charge in [-0.05, 0) is 71.1 Å². The van der Waals surface area contributed by atoms with E-state index in [-0.39, 0.29) is 6.04 Å². The number of hydrogen-bond donors (Lipinski definition) is 1. The van der Waals surface area contributed by atoms with Gasteiger partial charge >= 0.3 is 0 Å². The highest BCUT2D eigenvalue weighted by Gasteiger charge is 2.18. The number of fused-ring (bicyclic) bond motifs is 4. The van der Waals surface area contributed by atoms with Crippen molar-refractivity contribution in [2.45, 2.75) is 6.04 Å². The molecule has 1 unspecified atom stereocenters. The molecule has 5 nitrogen and oxygen atoms in total. The van der Waals surface area contributed by atoms with Gasteiger partial charge in [0, 0.05) is 39.9 Å². The Morgan fingerprint density at radius 3 is 2.28 bits per heavy atom. The van der Waals surface area contributed by atoms with E-state index in [9.17, 15) is 0 Å². The lowest BCUT2D eigenvalue weighted by atomic mass is 9.99. The Morgan fingerprint density at radius 1 is 0.596 bits per heavy atom. The molecule has 0 radical (unpaired) electrons. The van der Waals surface area contributed by atoms with Crippen LogP contribution in [0.4, 0.5) is 0 Å². The molecule has 8 aromatic rings. The number of hydrogen-bond acceptors (Lipinski definition) is 4. The molecular weight excluding hydrogens is 574 g/mol. The Hall–Kier alpha value is -6.33. The van der Waals surface area contributed by atoms with Crippen molar-refractivity contribution < 1.29 is 0 Å². The molecule has 0 bridgehead atoms. The number of para-hydroxylation sites is 1. The highest BCUT2D eigenvalue weighted by Crippen LogP contribution is 2.37. The maximum absolute atomic E-state index is 5.14. The Labute approximate surface area is 272 Å². The molecule has 0 saturated carbocycles. The van der Waals surface area contributed by atoms with E-state index in [2.05, 4.69) is 143 Å². The van der Waals surface area contributed by atoms with Crippen molar-refractivity contribution in [1.82, 2.24) is 24.8 Å². The molecule has 0 saturated heterocycles. The van der Waals surface area contributed by atoms with Gasteiger partial charge in [-0.3, -0.25) is 14.5 Å². The van der Waals surface area contributed by atoms with Crippen LogP contribution in [-0.4, -0.2) is 19.5 Å². The molecule has 0 spiro atoms. The lowest BCUT2D eigenvalue weighted by Gasteiger charge is -2.18. The zero-order valence-electron chi connectivity index (χ0n) is 25.5. The molecule has 222 valence electrons. The van der Waals surface area contributed by atoms with Crippen LogP contribution in [0, 0.1) is 0 Å². The zero-order valence-corrected chi connectivity index (χ0v) is 25.5. The number of rotatable bonds is 5. The number of pyridine rings is 3.